The van der Waals surface area contributed by atoms with Gasteiger partial charge in [0, 0.05) is 11.5 Å². The van der Waals surface area contributed by atoms with Crippen LogP contribution in [0.25, 0.3) is 0 Å². The van der Waals surface area contributed by atoms with Crippen molar-refractivity contribution >= 4 is 23.4 Å². The molecule has 0 amide bonds. The topological polar surface area (TPSA) is 73.2 Å². The molecule has 1 aromatic rings. The van der Waals surface area contributed by atoms with Gasteiger partial charge in [-0.3, -0.25) is 9.36 Å². The number of methoxy groups -OCH3 is 1. The van der Waals surface area contributed by atoms with Gasteiger partial charge in [0.05, 0.1) is 12.8 Å². The molecule has 1 aromatic heterocycles. The predicted octanol–water partition coefficient (Wildman–Crippen LogP) is 3.82. The molecule has 3 rings (SSSR count). The summed E-state index contributed by atoms with van der Waals surface area (Å²) in [5.74, 6) is -0.138. The van der Waals surface area contributed by atoms with Crippen LogP contribution in [0.3, 0.4) is 0 Å². The fraction of sp³-hybridized carbons (Fsp3) is 0.737. The van der Waals surface area contributed by atoms with Crippen molar-refractivity contribution in [3.05, 3.63) is 21.2 Å². The van der Waals surface area contributed by atoms with Gasteiger partial charge in [-0.1, -0.05) is 38.3 Å². The molecule has 1 aliphatic heterocycles. The van der Waals surface area contributed by atoms with Crippen LogP contribution in [-0.2, 0) is 14.9 Å². The number of esters is 1. The Bertz CT molecular complexity index is 736. The second-order valence-electron chi connectivity index (χ2n) is 7.57. The molecule has 2 aliphatic rings. The number of rotatable bonds is 7. The molecule has 26 heavy (non-hydrogen) atoms. The molecule has 1 aliphatic carbocycles. The highest BCUT2D eigenvalue weighted by molar-refractivity contribution is 6.30. The first kappa shape index (κ1) is 19.2. The van der Waals surface area contributed by atoms with Gasteiger partial charge < -0.3 is 10.1 Å². The molecule has 1 fully saturated rings. The van der Waals surface area contributed by atoms with Crippen LogP contribution in [0.2, 0.25) is 5.15 Å². The lowest BCUT2D eigenvalue weighted by Crippen LogP contribution is -2.36. The molecule has 1 saturated carbocycles. The Hall–Kier alpha value is -1.56. The van der Waals surface area contributed by atoms with Crippen LogP contribution in [-0.4, -0.2) is 28.7 Å². The summed E-state index contributed by atoms with van der Waals surface area (Å²) in [6.45, 7) is 4.22. The predicted molar refractivity (Wildman–Crippen MR) is 102 cm³/mol. The second kappa shape index (κ2) is 7.59. The van der Waals surface area contributed by atoms with Crippen LogP contribution < -0.4 is 10.9 Å². The summed E-state index contributed by atoms with van der Waals surface area (Å²) >= 11 is 6.60. The van der Waals surface area contributed by atoms with E-state index < -0.39 is 6.04 Å². The van der Waals surface area contributed by atoms with Gasteiger partial charge in [-0.05, 0) is 38.5 Å². The highest BCUT2D eigenvalue weighted by Crippen LogP contribution is 2.49. The van der Waals surface area contributed by atoms with Crippen LogP contribution >= 0.6 is 11.6 Å². The molecule has 2 heterocycles. The zero-order chi connectivity index (χ0) is 18.9. The molecule has 1 atom stereocenters. The molecule has 0 bridgehead atoms. The number of carbonyl (C=O) groups is 1. The van der Waals surface area contributed by atoms with Crippen molar-refractivity contribution in [1.82, 2.24) is 9.55 Å². The monoisotopic (exact) mass is 381 g/mol. The summed E-state index contributed by atoms with van der Waals surface area (Å²) in [5.41, 5.74) is 0.142. The van der Waals surface area contributed by atoms with E-state index in [1.807, 2.05) is 0 Å². The number of anilines is 1. The Morgan fingerprint density at radius 1 is 1.35 bits per heavy atom. The number of carbonyl (C=O) groups excluding carboxylic acids is 1. The van der Waals surface area contributed by atoms with Gasteiger partial charge >= 0.3 is 5.97 Å². The number of hydrogen-bond donors (Lipinski definition) is 1. The Morgan fingerprint density at radius 2 is 2.00 bits per heavy atom. The molecule has 144 valence electrons. The molecular weight excluding hydrogens is 354 g/mol. The summed E-state index contributed by atoms with van der Waals surface area (Å²) < 4.78 is 6.57. The van der Waals surface area contributed by atoms with E-state index in [0.717, 1.165) is 44.9 Å². The van der Waals surface area contributed by atoms with Crippen molar-refractivity contribution < 1.29 is 9.53 Å². The number of aromatic nitrogens is 2. The molecule has 0 aromatic carbocycles. The maximum absolute atomic E-state index is 13.2. The number of nitrogens with one attached hydrogen (secondary N) is 1. The van der Waals surface area contributed by atoms with Crippen LogP contribution in [0.15, 0.2) is 4.79 Å². The Balaban J connectivity index is 2.15. The Kier molecular flexibility index (Phi) is 5.61. The van der Waals surface area contributed by atoms with Crippen molar-refractivity contribution in [2.75, 3.05) is 12.4 Å². The molecule has 0 saturated heterocycles. The average molecular weight is 382 g/mol. The minimum atomic E-state index is -0.636. The van der Waals surface area contributed by atoms with E-state index in [0.29, 0.717) is 17.3 Å². The Labute approximate surface area is 159 Å². The van der Waals surface area contributed by atoms with E-state index in [1.165, 1.54) is 7.11 Å². The highest BCUT2D eigenvalue weighted by Gasteiger charge is 2.49. The van der Waals surface area contributed by atoms with E-state index >= 15 is 0 Å². The summed E-state index contributed by atoms with van der Waals surface area (Å²) in [4.78, 5) is 30.1. The number of halogens is 1. The summed E-state index contributed by atoms with van der Waals surface area (Å²) in [6.07, 6.45) is 7.37. The highest BCUT2D eigenvalue weighted by atomic mass is 35.5. The molecule has 0 spiro atoms. The lowest BCUT2D eigenvalue weighted by Gasteiger charge is -2.30. The quantitative estimate of drug-likeness (QED) is 0.727. The first-order valence-corrected chi connectivity index (χ1v) is 10.0. The zero-order valence-electron chi connectivity index (χ0n) is 15.8. The van der Waals surface area contributed by atoms with Crippen LogP contribution in [0.4, 0.5) is 5.82 Å². The van der Waals surface area contributed by atoms with E-state index in [4.69, 9.17) is 16.3 Å². The number of hydrogen-bond acceptors (Lipinski definition) is 5. The van der Waals surface area contributed by atoms with Crippen LogP contribution in [0, 0.1) is 0 Å². The SMILES string of the molecule is CCCC1(CCC)C[C@@H](C(=O)OC)n2c1c(Cl)nc(NC1CCC1)c2=O. The van der Waals surface area contributed by atoms with Gasteiger partial charge in [-0.15, -0.1) is 0 Å². The minimum Gasteiger partial charge on any atom is -0.467 e. The summed E-state index contributed by atoms with van der Waals surface area (Å²) in [6, 6.07) is -0.373. The first-order valence-electron chi connectivity index (χ1n) is 9.64. The molecule has 1 N–H and O–H groups in total. The Morgan fingerprint density at radius 3 is 2.50 bits per heavy atom. The standard InChI is InChI=1S/C19H28ClN3O3/c1-4-9-19(10-5-2)11-13(18(25)26-3)23-14(19)15(20)22-16(17(23)24)21-12-7-6-8-12/h12-13H,4-11H2,1-3H3,(H,21,22)/t13-/m0/s1. The van der Waals surface area contributed by atoms with E-state index in [1.54, 1.807) is 4.57 Å². The zero-order valence-corrected chi connectivity index (χ0v) is 16.6. The normalized spacial score (nSPS) is 21.2. The molecule has 6 nitrogen and oxygen atoms in total. The lowest BCUT2D eigenvalue weighted by atomic mass is 9.74. The molecule has 0 radical (unpaired) electrons. The minimum absolute atomic E-state index is 0.251. The first-order chi connectivity index (χ1) is 12.5. The van der Waals surface area contributed by atoms with Crippen molar-refractivity contribution in [3.63, 3.8) is 0 Å². The van der Waals surface area contributed by atoms with Crippen molar-refractivity contribution in [2.24, 2.45) is 0 Å². The fourth-order valence-electron chi connectivity index (χ4n) is 4.53. The third kappa shape index (κ3) is 3.13. The molecule has 0 unspecified atom stereocenters. The van der Waals surface area contributed by atoms with Crippen molar-refractivity contribution in [3.8, 4) is 0 Å². The van der Waals surface area contributed by atoms with Gasteiger partial charge in [0.25, 0.3) is 5.56 Å². The summed E-state index contributed by atoms with van der Waals surface area (Å²) in [7, 11) is 1.36. The third-order valence-electron chi connectivity index (χ3n) is 5.84. The van der Waals surface area contributed by atoms with E-state index in [9.17, 15) is 9.59 Å². The summed E-state index contributed by atoms with van der Waals surface area (Å²) in [5, 5.41) is 3.54. The van der Waals surface area contributed by atoms with E-state index in [-0.39, 0.29) is 28.8 Å². The van der Waals surface area contributed by atoms with E-state index in [2.05, 4.69) is 24.1 Å². The maximum atomic E-state index is 13.2. The largest absolute Gasteiger partial charge is 0.467 e. The average Bonchev–Trinajstić information content (AvgIpc) is 2.91. The molecule has 7 heteroatoms. The smallest absolute Gasteiger partial charge is 0.329 e. The van der Waals surface area contributed by atoms with Gasteiger partial charge in [-0.25, -0.2) is 9.78 Å². The van der Waals surface area contributed by atoms with Gasteiger partial charge in [0.1, 0.15) is 6.04 Å². The number of nitrogens with zero attached hydrogens (tertiary/aromatic N) is 2. The van der Waals surface area contributed by atoms with Crippen LogP contribution in [0.1, 0.15) is 76.9 Å². The molecular formula is C19H28ClN3O3. The van der Waals surface area contributed by atoms with Crippen molar-refractivity contribution in [2.45, 2.75) is 82.7 Å². The van der Waals surface area contributed by atoms with Gasteiger partial charge in [0.15, 0.2) is 11.0 Å². The second-order valence-corrected chi connectivity index (χ2v) is 7.93. The van der Waals surface area contributed by atoms with Crippen molar-refractivity contribution in [1.29, 1.82) is 0 Å². The number of ether oxygens (including phenoxy) is 1. The van der Waals surface area contributed by atoms with Gasteiger partial charge in [0.2, 0.25) is 0 Å². The van der Waals surface area contributed by atoms with Crippen LogP contribution in [0.5, 0.6) is 0 Å². The number of fused-ring (bicyclic) bond motifs is 1. The fourth-order valence-corrected chi connectivity index (χ4v) is 4.91. The maximum Gasteiger partial charge on any atom is 0.329 e. The van der Waals surface area contributed by atoms with Gasteiger partial charge in [-0.2, -0.15) is 0 Å². The third-order valence-corrected chi connectivity index (χ3v) is 6.11. The lowest BCUT2D eigenvalue weighted by molar-refractivity contribution is -0.144.